The molecule has 1 atom stereocenters. The monoisotopic (exact) mass is 263 g/mol. The molecule has 1 unspecified atom stereocenters. The predicted octanol–water partition coefficient (Wildman–Crippen LogP) is 2.76. The number of halogens is 1. The van der Waals surface area contributed by atoms with E-state index in [4.69, 9.17) is 5.73 Å². The smallest absolute Gasteiger partial charge is 0.235 e. The zero-order chi connectivity index (χ0) is 10.8. The molecule has 0 aliphatic carbocycles. The Labute approximate surface area is 96.2 Å². The second kappa shape index (κ2) is 4.03. The molecule has 2 nitrogen and oxygen atoms in total. The Balaban J connectivity index is 2.51. The number of hydrogen-bond donors (Lipinski definition) is 1. The number of carbonyl (C=O) groups excluding carboxylic acids is 1. The minimum absolute atomic E-state index is 0.370. The van der Waals surface area contributed by atoms with E-state index >= 15 is 0 Å². The summed E-state index contributed by atoms with van der Waals surface area (Å²) in [5, 5.41) is 2.27. The highest BCUT2D eigenvalue weighted by molar-refractivity contribution is 9.09. The lowest BCUT2D eigenvalue weighted by molar-refractivity contribution is -0.117. The van der Waals surface area contributed by atoms with E-state index < -0.39 is 4.83 Å². The number of alkyl halides is 1. The molecule has 76 valence electrons. The van der Waals surface area contributed by atoms with Gasteiger partial charge in [-0.2, -0.15) is 0 Å². The molecule has 0 aliphatic rings. The number of benzene rings is 2. The average molecular weight is 264 g/mol. The fraction of sp³-hybridized carbons (Fsp3) is 0.0833. The first-order chi connectivity index (χ1) is 7.18. The van der Waals surface area contributed by atoms with Gasteiger partial charge in [0.2, 0.25) is 5.91 Å². The van der Waals surface area contributed by atoms with Crippen LogP contribution in [0, 0.1) is 0 Å². The molecule has 2 aromatic rings. The summed E-state index contributed by atoms with van der Waals surface area (Å²) in [5.74, 6) is -0.370. The van der Waals surface area contributed by atoms with Crippen molar-refractivity contribution in [3.63, 3.8) is 0 Å². The molecule has 3 heteroatoms. The van der Waals surface area contributed by atoms with Gasteiger partial charge in [0.15, 0.2) is 0 Å². The molecule has 0 bridgehead atoms. The highest BCUT2D eigenvalue weighted by Gasteiger charge is 2.13. The quantitative estimate of drug-likeness (QED) is 0.833. The van der Waals surface area contributed by atoms with Crippen molar-refractivity contribution in [2.75, 3.05) is 0 Å². The highest BCUT2D eigenvalue weighted by atomic mass is 79.9. The molecule has 2 aromatic carbocycles. The molecular weight excluding hydrogens is 254 g/mol. The molecule has 1 amide bonds. The summed E-state index contributed by atoms with van der Waals surface area (Å²) in [4.78, 5) is 10.6. The Morgan fingerprint density at radius 1 is 1.13 bits per heavy atom. The van der Waals surface area contributed by atoms with Crippen molar-refractivity contribution in [3.05, 3.63) is 48.0 Å². The van der Waals surface area contributed by atoms with Crippen LogP contribution in [0.25, 0.3) is 10.8 Å². The maximum absolute atomic E-state index is 11.0. The Hall–Kier alpha value is -1.35. The van der Waals surface area contributed by atoms with Crippen molar-refractivity contribution >= 4 is 32.6 Å². The van der Waals surface area contributed by atoms with Crippen LogP contribution in [0.15, 0.2) is 42.5 Å². The molecule has 15 heavy (non-hydrogen) atoms. The largest absolute Gasteiger partial charge is 0.368 e. The van der Waals surface area contributed by atoms with Crippen LogP contribution in [-0.4, -0.2) is 5.91 Å². The van der Waals surface area contributed by atoms with Gasteiger partial charge in [-0.15, -0.1) is 0 Å². The number of hydrogen-bond acceptors (Lipinski definition) is 1. The van der Waals surface area contributed by atoms with Gasteiger partial charge in [0.1, 0.15) is 4.83 Å². The van der Waals surface area contributed by atoms with Gasteiger partial charge in [-0.1, -0.05) is 52.3 Å². The first-order valence-corrected chi connectivity index (χ1v) is 5.52. The minimum Gasteiger partial charge on any atom is -0.368 e. The molecule has 0 radical (unpaired) electrons. The lowest BCUT2D eigenvalue weighted by Gasteiger charge is -2.07. The molecule has 2 N–H and O–H groups in total. The van der Waals surface area contributed by atoms with Crippen LogP contribution in [0.4, 0.5) is 0 Å². The Bertz CT molecular complexity index is 510. The maximum Gasteiger partial charge on any atom is 0.235 e. The zero-order valence-corrected chi connectivity index (χ0v) is 9.57. The summed E-state index contributed by atoms with van der Waals surface area (Å²) < 4.78 is 0. The van der Waals surface area contributed by atoms with Crippen LogP contribution < -0.4 is 5.73 Å². The number of nitrogens with two attached hydrogens (primary N) is 1. The SMILES string of the molecule is NC(=O)C(Br)c1ccc2ccccc2c1. The maximum atomic E-state index is 11.0. The summed E-state index contributed by atoms with van der Waals surface area (Å²) in [7, 11) is 0. The Morgan fingerprint density at radius 2 is 1.80 bits per heavy atom. The summed E-state index contributed by atoms with van der Waals surface area (Å²) in [5.41, 5.74) is 6.12. The normalized spacial score (nSPS) is 12.6. The fourth-order valence-corrected chi connectivity index (χ4v) is 1.81. The van der Waals surface area contributed by atoms with E-state index in [0.717, 1.165) is 16.3 Å². The standard InChI is InChI=1S/C12H10BrNO/c13-11(12(14)15)10-6-5-8-3-1-2-4-9(8)7-10/h1-7,11H,(H2,14,15). The topological polar surface area (TPSA) is 43.1 Å². The van der Waals surface area contributed by atoms with Gasteiger partial charge in [0.25, 0.3) is 0 Å². The van der Waals surface area contributed by atoms with Crippen LogP contribution in [0.5, 0.6) is 0 Å². The number of fused-ring (bicyclic) bond motifs is 1. The second-order valence-electron chi connectivity index (χ2n) is 3.37. The average Bonchev–Trinajstić information content (AvgIpc) is 2.27. The number of primary amides is 1. The predicted molar refractivity (Wildman–Crippen MR) is 64.8 cm³/mol. The third-order valence-electron chi connectivity index (χ3n) is 2.32. The fourth-order valence-electron chi connectivity index (χ4n) is 1.53. The Kier molecular flexibility index (Phi) is 2.73. The zero-order valence-electron chi connectivity index (χ0n) is 7.98. The van der Waals surface area contributed by atoms with E-state index in [1.165, 1.54) is 0 Å². The number of amides is 1. The molecule has 0 fully saturated rings. The van der Waals surface area contributed by atoms with Gasteiger partial charge in [-0.05, 0) is 22.4 Å². The van der Waals surface area contributed by atoms with E-state index in [1.807, 2.05) is 42.5 Å². The van der Waals surface area contributed by atoms with E-state index in [2.05, 4.69) is 15.9 Å². The van der Waals surface area contributed by atoms with Crippen molar-refractivity contribution in [2.45, 2.75) is 4.83 Å². The molecule has 0 spiro atoms. The summed E-state index contributed by atoms with van der Waals surface area (Å²) in [6.45, 7) is 0. The van der Waals surface area contributed by atoms with Gasteiger partial charge in [0, 0.05) is 0 Å². The summed E-state index contributed by atoms with van der Waals surface area (Å²) in [6.07, 6.45) is 0. The Morgan fingerprint density at radius 3 is 2.47 bits per heavy atom. The van der Waals surface area contributed by atoms with Gasteiger partial charge >= 0.3 is 0 Å². The van der Waals surface area contributed by atoms with E-state index in [1.54, 1.807) is 0 Å². The van der Waals surface area contributed by atoms with E-state index in [-0.39, 0.29) is 5.91 Å². The highest BCUT2D eigenvalue weighted by Crippen LogP contribution is 2.25. The van der Waals surface area contributed by atoms with Gasteiger partial charge in [-0.3, -0.25) is 4.79 Å². The van der Waals surface area contributed by atoms with Crippen LogP contribution in [0.2, 0.25) is 0 Å². The van der Waals surface area contributed by atoms with Crippen molar-refractivity contribution in [1.82, 2.24) is 0 Å². The van der Waals surface area contributed by atoms with Crippen LogP contribution in [-0.2, 0) is 4.79 Å². The lowest BCUT2D eigenvalue weighted by atomic mass is 10.1. The third-order valence-corrected chi connectivity index (χ3v) is 3.30. The van der Waals surface area contributed by atoms with Crippen molar-refractivity contribution < 1.29 is 4.79 Å². The molecule has 2 rings (SSSR count). The van der Waals surface area contributed by atoms with Crippen molar-refractivity contribution in [1.29, 1.82) is 0 Å². The first kappa shape index (κ1) is 10.2. The van der Waals surface area contributed by atoms with E-state index in [0.29, 0.717) is 0 Å². The van der Waals surface area contributed by atoms with Crippen LogP contribution in [0.3, 0.4) is 0 Å². The number of rotatable bonds is 2. The second-order valence-corrected chi connectivity index (χ2v) is 4.29. The molecule has 0 saturated carbocycles. The number of carbonyl (C=O) groups is 1. The molecule has 0 aromatic heterocycles. The van der Waals surface area contributed by atoms with Crippen molar-refractivity contribution in [2.24, 2.45) is 5.73 Å². The molecule has 0 aliphatic heterocycles. The molecular formula is C12H10BrNO. The van der Waals surface area contributed by atoms with Crippen LogP contribution in [0.1, 0.15) is 10.4 Å². The van der Waals surface area contributed by atoms with Gasteiger partial charge in [-0.25, -0.2) is 0 Å². The van der Waals surface area contributed by atoms with Crippen molar-refractivity contribution in [3.8, 4) is 0 Å². The molecule has 0 saturated heterocycles. The van der Waals surface area contributed by atoms with Crippen LogP contribution >= 0.6 is 15.9 Å². The first-order valence-electron chi connectivity index (χ1n) is 4.60. The third kappa shape index (κ3) is 2.02. The van der Waals surface area contributed by atoms with E-state index in [9.17, 15) is 4.79 Å². The van der Waals surface area contributed by atoms with Gasteiger partial charge < -0.3 is 5.73 Å². The summed E-state index contributed by atoms with van der Waals surface area (Å²) >= 11 is 3.26. The van der Waals surface area contributed by atoms with Gasteiger partial charge in [0.05, 0.1) is 0 Å². The summed E-state index contributed by atoms with van der Waals surface area (Å²) in [6, 6.07) is 13.9. The lowest BCUT2D eigenvalue weighted by Crippen LogP contribution is -2.16. The molecule has 0 heterocycles. The minimum atomic E-state index is -0.415.